The highest BCUT2D eigenvalue weighted by atomic mass is 35.5. The van der Waals surface area contributed by atoms with Crippen LogP contribution in [0.25, 0.3) is 0 Å². The van der Waals surface area contributed by atoms with E-state index in [1.807, 2.05) is 0 Å². The van der Waals surface area contributed by atoms with Crippen LogP contribution < -0.4 is 20.1 Å². The second kappa shape index (κ2) is 7.06. The molecule has 6 nitrogen and oxygen atoms in total. The molecule has 0 saturated heterocycles. The van der Waals surface area contributed by atoms with Crippen LogP contribution in [0.2, 0.25) is 5.02 Å². The number of hydrogen-bond donors (Lipinski definition) is 2. The van der Waals surface area contributed by atoms with Crippen LogP contribution in [0.1, 0.15) is 18.5 Å². The monoisotopic (exact) mass is 356 g/mol. The normalized spacial score (nSPS) is 17.3. The maximum absolute atomic E-state index is 12.1. The zero-order valence-electron chi connectivity index (χ0n) is 13.2. The lowest BCUT2D eigenvalue weighted by Crippen LogP contribution is -2.45. The molecule has 124 valence electrons. The highest BCUT2D eigenvalue weighted by Gasteiger charge is 2.31. The van der Waals surface area contributed by atoms with Gasteiger partial charge in [-0.15, -0.1) is 0 Å². The molecule has 0 bridgehead atoms. The Hall–Kier alpha value is -1.99. The molecule has 1 aromatic carbocycles. The van der Waals surface area contributed by atoms with Crippen LogP contribution in [0.4, 0.5) is 0 Å². The number of ether oxygens (including phenoxy) is 3. The van der Waals surface area contributed by atoms with Crippen molar-refractivity contribution in [3.05, 3.63) is 34.0 Å². The fraction of sp³-hybridized carbons (Fsp3) is 0.333. The summed E-state index contributed by atoms with van der Waals surface area (Å²) >= 11 is 11.4. The molecular formula is C15H17ClN2O4S. The summed E-state index contributed by atoms with van der Waals surface area (Å²) in [6.07, 6.45) is 0. The Morgan fingerprint density at radius 3 is 2.52 bits per heavy atom. The van der Waals surface area contributed by atoms with E-state index in [1.165, 1.54) is 21.3 Å². The lowest BCUT2D eigenvalue weighted by atomic mass is 9.95. The van der Waals surface area contributed by atoms with Gasteiger partial charge in [0.2, 0.25) is 0 Å². The van der Waals surface area contributed by atoms with Gasteiger partial charge in [0.1, 0.15) is 0 Å². The Kier molecular flexibility index (Phi) is 5.33. The van der Waals surface area contributed by atoms with Crippen LogP contribution in [-0.4, -0.2) is 32.4 Å². The van der Waals surface area contributed by atoms with Crippen LogP contribution in [0, 0.1) is 0 Å². The fourth-order valence-corrected chi connectivity index (χ4v) is 3.00. The van der Waals surface area contributed by atoms with Crippen molar-refractivity contribution in [2.24, 2.45) is 0 Å². The molecule has 0 unspecified atom stereocenters. The molecule has 0 spiro atoms. The molecule has 0 amide bonds. The van der Waals surface area contributed by atoms with E-state index in [9.17, 15) is 4.79 Å². The number of esters is 1. The van der Waals surface area contributed by atoms with Crippen LogP contribution in [0.3, 0.4) is 0 Å². The molecule has 1 atom stereocenters. The summed E-state index contributed by atoms with van der Waals surface area (Å²) in [7, 11) is 4.35. The summed E-state index contributed by atoms with van der Waals surface area (Å²) in [6, 6.07) is 2.94. The van der Waals surface area contributed by atoms with Gasteiger partial charge in [-0.1, -0.05) is 11.6 Å². The van der Waals surface area contributed by atoms with Gasteiger partial charge in [-0.25, -0.2) is 4.79 Å². The zero-order valence-corrected chi connectivity index (χ0v) is 14.7. The summed E-state index contributed by atoms with van der Waals surface area (Å²) in [5.41, 5.74) is 1.75. The van der Waals surface area contributed by atoms with Crippen molar-refractivity contribution >= 4 is 34.9 Å². The van der Waals surface area contributed by atoms with Crippen molar-refractivity contribution in [3.8, 4) is 11.5 Å². The molecule has 0 fully saturated rings. The van der Waals surface area contributed by atoms with E-state index in [2.05, 4.69) is 10.6 Å². The molecule has 1 heterocycles. The van der Waals surface area contributed by atoms with E-state index in [1.54, 1.807) is 19.1 Å². The third-order valence-electron chi connectivity index (χ3n) is 3.46. The maximum atomic E-state index is 12.1. The van der Waals surface area contributed by atoms with Crippen molar-refractivity contribution in [2.75, 3.05) is 21.3 Å². The Labute approximate surface area is 144 Å². The minimum Gasteiger partial charge on any atom is -0.493 e. The van der Waals surface area contributed by atoms with Gasteiger partial charge in [0.25, 0.3) is 0 Å². The smallest absolute Gasteiger partial charge is 0.337 e. The summed E-state index contributed by atoms with van der Waals surface area (Å²) in [4.78, 5) is 12.1. The van der Waals surface area contributed by atoms with E-state index >= 15 is 0 Å². The fourth-order valence-electron chi connectivity index (χ4n) is 2.43. The first-order valence-corrected chi connectivity index (χ1v) is 7.49. The molecule has 1 aromatic rings. The van der Waals surface area contributed by atoms with Gasteiger partial charge < -0.3 is 24.8 Å². The molecule has 0 saturated carbocycles. The molecule has 1 aliphatic rings. The van der Waals surface area contributed by atoms with Crippen LogP contribution in [0.5, 0.6) is 11.5 Å². The first-order chi connectivity index (χ1) is 10.9. The minimum atomic E-state index is -0.506. The van der Waals surface area contributed by atoms with Gasteiger partial charge in [-0.3, -0.25) is 0 Å². The number of hydrogen-bond acceptors (Lipinski definition) is 5. The third-order valence-corrected chi connectivity index (χ3v) is 3.96. The minimum absolute atomic E-state index is 0.370. The molecule has 2 rings (SSSR count). The Morgan fingerprint density at radius 2 is 1.96 bits per heavy atom. The number of carbonyl (C=O) groups is 1. The number of halogens is 1. The number of benzene rings is 1. The number of nitrogens with one attached hydrogen (secondary N) is 2. The summed E-state index contributed by atoms with van der Waals surface area (Å²) in [5.74, 6) is 0.429. The summed E-state index contributed by atoms with van der Waals surface area (Å²) in [6.45, 7) is 1.76. The van der Waals surface area contributed by atoms with Crippen LogP contribution in [-0.2, 0) is 9.53 Å². The molecular weight excluding hydrogens is 340 g/mol. The standard InChI is InChI=1S/C15H17ClN2O4S/c1-7-11(14(19)22-4)12(18-15(23)17-7)8-5-9(16)13(21-3)10(6-8)20-2/h5-6,12H,1-4H3,(H2,17,18,23)/t12-/m0/s1. The first kappa shape index (κ1) is 17.4. The Morgan fingerprint density at radius 1 is 1.26 bits per heavy atom. The molecule has 8 heteroatoms. The SMILES string of the molecule is COC(=O)C1=C(C)NC(=S)N[C@H]1c1cc(Cl)c(OC)c(OC)c1. The highest BCUT2D eigenvalue weighted by Crippen LogP contribution is 2.39. The van der Waals surface area contributed by atoms with Gasteiger partial charge in [-0.05, 0) is 36.8 Å². The van der Waals surface area contributed by atoms with E-state index in [0.717, 1.165) is 0 Å². The number of allylic oxidation sites excluding steroid dienone is 1. The summed E-state index contributed by atoms with van der Waals surface area (Å²) in [5, 5.41) is 6.75. The lowest BCUT2D eigenvalue weighted by Gasteiger charge is -2.30. The number of thiocarbonyl (C=S) groups is 1. The van der Waals surface area contributed by atoms with E-state index in [-0.39, 0.29) is 0 Å². The first-order valence-electron chi connectivity index (χ1n) is 6.71. The lowest BCUT2D eigenvalue weighted by molar-refractivity contribution is -0.136. The Bertz CT molecular complexity index is 690. The second-order valence-electron chi connectivity index (χ2n) is 4.80. The van der Waals surface area contributed by atoms with Crippen molar-refractivity contribution in [1.82, 2.24) is 10.6 Å². The molecule has 0 aromatic heterocycles. The molecule has 1 aliphatic heterocycles. The average Bonchev–Trinajstić information content (AvgIpc) is 2.52. The van der Waals surface area contributed by atoms with Gasteiger partial charge in [-0.2, -0.15) is 0 Å². The zero-order chi connectivity index (χ0) is 17.1. The second-order valence-corrected chi connectivity index (χ2v) is 5.62. The van der Waals surface area contributed by atoms with Crippen molar-refractivity contribution < 1.29 is 19.0 Å². The third kappa shape index (κ3) is 3.35. The highest BCUT2D eigenvalue weighted by molar-refractivity contribution is 7.80. The molecule has 0 radical (unpaired) electrons. The number of carbonyl (C=O) groups excluding carboxylic acids is 1. The van der Waals surface area contributed by atoms with Crippen molar-refractivity contribution in [3.63, 3.8) is 0 Å². The van der Waals surface area contributed by atoms with Gasteiger partial charge in [0.05, 0.1) is 38.0 Å². The van der Waals surface area contributed by atoms with Gasteiger partial charge in [0.15, 0.2) is 16.6 Å². The maximum Gasteiger partial charge on any atom is 0.337 e. The molecule has 0 aliphatic carbocycles. The number of rotatable bonds is 4. The summed E-state index contributed by atoms with van der Waals surface area (Å²) < 4.78 is 15.4. The van der Waals surface area contributed by atoms with Crippen LogP contribution in [0.15, 0.2) is 23.4 Å². The Balaban J connectivity index is 2.58. The van der Waals surface area contributed by atoms with E-state index in [4.69, 9.17) is 38.0 Å². The number of methoxy groups -OCH3 is 3. The predicted molar refractivity (Wildman–Crippen MR) is 90.9 cm³/mol. The van der Waals surface area contributed by atoms with E-state index < -0.39 is 12.0 Å². The molecule has 2 N–H and O–H groups in total. The van der Waals surface area contributed by atoms with Crippen molar-refractivity contribution in [1.29, 1.82) is 0 Å². The average molecular weight is 357 g/mol. The van der Waals surface area contributed by atoms with Crippen molar-refractivity contribution in [2.45, 2.75) is 13.0 Å². The predicted octanol–water partition coefficient (Wildman–Crippen LogP) is 2.32. The topological polar surface area (TPSA) is 68.8 Å². The largest absolute Gasteiger partial charge is 0.493 e. The van der Waals surface area contributed by atoms with Gasteiger partial charge >= 0.3 is 5.97 Å². The van der Waals surface area contributed by atoms with E-state index in [0.29, 0.717) is 38.5 Å². The molecule has 23 heavy (non-hydrogen) atoms. The van der Waals surface area contributed by atoms with Gasteiger partial charge in [0, 0.05) is 5.70 Å². The van der Waals surface area contributed by atoms with Crippen LogP contribution >= 0.6 is 23.8 Å². The quantitative estimate of drug-likeness (QED) is 0.633.